The first-order valence-corrected chi connectivity index (χ1v) is 6.82. The summed E-state index contributed by atoms with van der Waals surface area (Å²) < 4.78 is 3.57. The van der Waals surface area contributed by atoms with Crippen LogP contribution in [0, 0.1) is 0 Å². The lowest BCUT2D eigenvalue weighted by atomic mass is 10.1. The summed E-state index contributed by atoms with van der Waals surface area (Å²) in [4.78, 5) is 18.2. The van der Waals surface area contributed by atoms with Crippen molar-refractivity contribution in [1.29, 1.82) is 0 Å². The van der Waals surface area contributed by atoms with Crippen LogP contribution < -0.4 is 0 Å². The quantitative estimate of drug-likeness (QED) is 0.813. The molecule has 2 aromatic heterocycles. The van der Waals surface area contributed by atoms with Crippen molar-refractivity contribution in [1.82, 2.24) is 29.4 Å². The lowest BCUT2D eigenvalue weighted by molar-refractivity contribution is -0.132. The number of likely N-dealkylation sites (tertiary alicyclic amines) is 1. The molecule has 7 nitrogen and oxygen atoms in total. The molecule has 0 aliphatic carbocycles. The average molecular weight is 274 g/mol. The zero-order chi connectivity index (χ0) is 13.9. The predicted octanol–water partition coefficient (Wildman–Crippen LogP) is 0.418. The zero-order valence-corrected chi connectivity index (χ0v) is 11.5. The van der Waals surface area contributed by atoms with Crippen molar-refractivity contribution in [2.75, 3.05) is 13.1 Å². The standard InChI is InChI=1S/C13H18N6O/c1-17-7-11(6-15-17)5-13(20)18-4-2-3-12(8-18)19-10-14-9-16-19/h6-7,9-10,12H,2-5,8H2,1H3/t12-/m1/s1. The molecule has 1 saturated heterocycles. The van der Waals surface area contributed by atoms with E-state index < -0.39 is 0 Å². The molecule has 1 atom stereocenters. The van der Waals surface area contributed by atoms with Crippen molar-refractivity contribution in [3.05, 3.63) is 30.6 Å². The molecular weight excluding hydrogens is 256 g/mol. The van der Waals surface area contributed by atoms with Crippen LogP contribution in [0.2, 0.25) is 0 Å². The molecule has 7 heteroatoms. The molecule has 0 spiro atoms. The molecule has 1 fully saturated rings. The van der Waals surface area contributed by atoms with E-state index in [1.165, 1.54) is 6.33 Å². The van der Waals surface area contributed by atoms with Gasteiger partial charge < -0.3 is 4.90 Å². The number of aryl methyl sites for hydroxylation is 1. The zero-order valence-electron chi connectivity index (χ0n) is 11.5. The van der Waals surface area contributed by atoms with E-state index in [9.17, 15) is 4.79 Å². The molecule has 1 aliphatic rings. The molecule has 0 saturated carbocycles. The molecule has 2 aromatic rings. The molecule has 3 rings (SSSR count). The van der Waals surface area contributed by atoms with E-state index in [2.05, 4.69) is 15.2 Å². The van der Waals surface area contributed by atoms with Crippen LogP contribution >= 0.6 is 0 Å². The van der Waals surface area contributed by atoms with Crippen LogP contribution in [-0.2, 0) is 18.3 Å². The Kier molecular flexibility index (Phi) is 3.49. The van der Waals surface area contributed by atoms with Crippen LogP contribution in [0.4, 0.5) is 0 Å². The van der Waals surface area contributed by atoms with Crippen molar-refractivity contribution in [2.24, 2.45) is 7.05 Å². The number of rotatable bonds is 3. The Bertz CT molecular complexity index is 575. The lowest BCUT2D eigenvalue weighted by Gasteiger charge is -2.32. The minimum absolute atomic E-state index is 0.155. The highest BCUT2D eigenvalue weighted by atomic mass is 16.2. The Labute approximate surface area is 117 Å². The van der Waals surface area contributed by atoms with Crippen LogP contribution in [0.15, 0.2) is 25.0 Å². The largest absolute Gasteiger partial charge is 0.340 e. The molecule has 0 N–H and O–H groups in total. The third-order valence-corrected chi connectivity index (χ3v) is 3.67. The Morgan fingerprint density at radius 1 is 1.45 bits per heavy atom. The smallest absolute Gasteiger partial charge is 0.227 e. The van der Waals surface area contributed by atoms with Gasteiger partial charge in [-0.1, -0.05) is 0 Å². The van der Waals surface area contributed by atoms with Crippen LogP contribution in [0.3, 0.4) is 0 Å². The van der Waals surface area contributed by atoms with E-state index in [1.54, 1.807) is 17.2 Å². The van der Waals surface area contributed by atoms with Gasteiger partial charge in [-0.2, -0.15) is 10.2 Å². The Balaban J connectivity index is 1.63. The fourth-order valence-corrected chi connectivity index (χ4v) is 2.65. The lowest BCUT2D eigenvalue weighted by Crippen LogP contribution is -2.41. The van der Waals surface area contributed by atoms with Gasteiger partial charge in [0.15, 0.2) is 0 Å². The molecule has 1 amide bonds. The molecule has 0 unspecified atom stereocenters. The van der Waals surface area contributed by atoms with Crippen molar-refractivity contribution in [3.63, 3.8) is 0 Å². The van der Waals surface area contributed by atoms with E-state index in [0.717, 1.165) is 24.9 Å². The second-order valence-electron chi connectivity index (χ2n) is 5.21. The van der Waals surface area contributed by atoms with Crippen LogP contribution in [0.1, 0.15) is 24.4 Å². The van der Waals surface area contributed by atoms with Crippen LogP contribution in [0.25, 0.3) is 0 Å². The van der Waals surface area contributed by atoms with Crippen molar-refractivity contribution in [3.8, 4) is 0 Å². The number of aromatic nitrogens is 5. The van der Waals surface area contributed by atoms with Gasteiger partial charge >= 0.3 is 0 Å². The van der Waals surface area contributed by atoms with Gasteiger partial charge in [0, 0.05) is 26.3 Å². The first-order chi connectivity index (χ1) is 9.72. The number of nitrogens with zero attached hydrogens (tertiary/aromatic N) is 6. The second kappa shape index (κ2) is 5.44. The molecule has 3 heterocycles. The number of piperidine rings is 1. The van der Waals surface area contributed by atoms with Gasteiger partial charge in [0.1, 0.15) is 12.7 Å². The Hall–Kier alpha value is -2.18. The van der Waals surface area contributed by atoms with Crippen LogP contribution in [-0.4, -0.2) is 48.4 Å². The monoisotopic (exact) mass is 274 g/mol. The molecule has 106 valence electrons. The predicted molar refractivity (Wildman–Crippen MR) is 71.8 cm³/mol. The number of amides is 1. The second-order valence-corrected chi connectivity index (χ2v) is 5.21. The van der Waals surface area contributed by atoms with Crippen molar-refractivity contribution >= 4 is 5.91 Å². The van der Waals surface area contributed by atoms with Gasteiger partial charge in [0.05, 0.1) is 18.7 Å². The molecule has 0 bridgehead atoms. The molecule has 0 aromatic carbocycles. The molecule has 1 aliphatic heterocycles. The highest BCUT2D eigenvalue weighted by molar-refractivity contribution is 5.78. The summed E-state index contributed by atoms with van der Waals surface area (Å²) in [6.07, 6.45) is 9.35. The van der Waals surface area contributed by atoms with E-state index >= 15 is 0 Å². The Morgan fingerprint density at radius 2 is 2.35 bits per heavy atom. The van der Waals surface area contributed by atoms with Crippen LogP contribution in [0.5, 0.6) is 0 Å². The fraction of sp³-hybridized carbons (Fsp3) is 0.538. The maximum absolute atomic E-state index is 12.3. The maximum Gasteiger partial charge on any atom is 0.227 e. The number of carbonyl (C=O) groups excluding carboxylic acids is 1. The fourth-order valence-electron chi connectivity index (χ4n) is 2.65. The molecular formula is C13H18N6O. The summed E-state index contributed by atoms with van der Waals surface area (Å²) in [6, 6.07) is 0.240. The van der Waals surface area contributed by atoms with E-state index in [4.69, 9.17) is 0 Å². The topological polar surface area (TPSA) is 68.8 Å². The van der Waals surface area contributed by atoms with Gasteiger partial charge in [-0.15, -0.1) is 0 Å². The average Bonchev–Trinajstić information content (AvgIpc) is 3.11. The Morgan fingerprint density at radius 3 is 3.05 bits per heavy atom. The van der Waals surface area contributed by atoms with Crippen molar-refractivity contribution in [2.45, 2.75) is 25.3 Å². The highest BCUT2D eigenvalue weighted by Crippen LogP contribution is 2.20. The maximum atomic E-state index is 12.3. The minimum atomic E-state index is 0.155. The first kappa shape index (κ1) is 12.8. The first-order valence-electron chi connectivity index (χ1n) is 6.82. The van der Waals surface area contributed by atoms with Gasteiger partial charge in [-0.3, -0.25) is 9.48 Å². The van der Waals surface area contributed by atoms with Gasteiger partial charge in [-0.05, 0) is 18.4 Å². The number of hydrogen-bond donors (Lipinski definition) is 0. The third-order valence-electron chi connectivity index (χ3n) is 3.67. The summed E-state index contributed by atoms with van der Waals surface area (Å²) in [6.45, 7) is 1.53. The summed E-state index contributed by atoms with van der Waals surface area (Å²) in [5, 5.41) is 8.27. The van der Waals surface area contributed by atoms with Crippen molar-refractivity contribution < 1.29 is 4.79 Å². The minimum Gasteiger partial charge on any atom is -0.340 e. The normalized spacial score (nSPS) is 19.2. The molecule has 20 heavy (non-hydrogen) atoms. The summed E-state index contributed by atoms with van der Waals surface area (Å²) in [7, 11) is 1.86. The summed E-state index contributed by atoms with van der Waals surface area (Å²) in [5.74, 6) is 0.155. The summed E-state index contributed by atoms with van der Waals surface area (Å²) >= 11 is 0. The van der Waals surface area contributed by atoms with Gasteiger partial charge in [0.25, 0.3) is 0 Å². The SMILES string of the molecule is Cn1cc(CC(=O)N2CCC[C@@H](n3cncn3)C2)cn1. The van der Waals surface area contributed by atoms with Gasteiger partial charge in [0.2, 0.25) is 5.91 Å². The number of carbonyl (C=O) groups is 1. The van der Waals surface area contributed by atoms with Gasteiger partial charge in [-0.25, -0.2) is 9.67 Å². The third kappa shape index (κ3) is 2.71. The molecule has 0 radical (unpaired) electrons. The highest BCUT2D eigenvalue weighted by Gasteiger charge is 2.25. The van der Waals surface area contributed by atoms with E-state index in [-0.39, 0.29) is 11.9 Å². The van der Waals surface area contributed by atoms with E-state index in [0.29, 0.717) is 13.0 Å². The van der Waals surface area contributed by atoms with E-state index in [1.807, 2.05) is 22.8 Å². The summed E-state index contributed by atoms with van der Waals surface area (Å²) in [5.41, 5.74) is 0.959. The number of hydrogen-bond acceptors (Lipinski definition) is 4.